The van der Waals surface area contributed by atoms with Crippen LogP contribution in [0.2, 0.25) is 0 Å². The highest BCUT2D eigenvalue weighted by atomic mass is 32.2. The van der Waals surface area contributed by atoms with Crippen LogP contribution in [-0.2, 0) is 14.8 Å². The maximum atomic E-state index is 12.2. The molecule has 1 heterocycles. The van der Waals surface area contributed by atoms with E-state index in [2.05, 4.69) is 10.5 Å². The molecule has 1 amide bonds. The summed E-state index contributed by atoms with van der Waals surface area (Å²) in [7, 11) is -3.60. The number of hydrazone groups is 1. The summed E-state index contributed by atoms with van der Waals surface area (Å²) < 4.78 is 25.3. The summed E-state index contributed by atoms with van der Waals surface area (Å²) in [6.07, 6.45) is 1.08. The van der Waals surface area contributed by atoms with Gasteiger partial charge < -0.3 is 0 Å². The molecule has 1 N–H and O–H groups in total. The van der Waals surface area contributed by atoms with Gasteiger partial charge >= 0.3 is 0 Å². The van der Waals surface area contributed by atoms with Gasteiger partial charge in [-0.25, -0.2) is 13.8 Å². The van der Waals surface area contributed by atoms with Gasteiger partial charge in [0.15, 0.2) is 0 Å². The summed E-state index contributed by atoms with van der Waals surface area (Å²) >= 11 is 1.51. The Morgan fingerprint density at radius 2 is 1.88 bits per heavy atom. The number of nitrogens with one attached hydrogen (secondary N) is 1. The number of carbonyl (C=O) groups excluding carboxylic acids is 1. The van der Waals surface area contributed by atoms with Gasteiger partial charge in [-0.15, -0.1) is 11.3 Å². The van der Waals surface area contributed by atoms with Gasteiger partial charge in [-0.3, -0.25) is 9.10 Å². The van der Waals surface area contributed by atoms with E-state index in [9.17, 15) is 13.2 Å². The zero-order valence-electron chi connectivity index (χ0n) is 14.6. The molecule has 2 rings (SSSR count). The predicted octanol–water partition coefficient (Wildman–Crippen LogP) is 2.67. The molecule has 0 radical (unpaired) electrons. The average molecular weight is 380 g/mol. The van der Waals surface area contributed by atoms with Gasteiger partial charge in [0, 0.05) is 4.88 Å². The summed E-state index contributed by atoms with van der Waals surface area (Å²) in [6, 6.07) is 9.21. The van der Waals surface area contributed by atoms with Gasteiger partial charge in [-0.2, -0.15) is 5.10 Å². The number of hydrogen-bond acceptors (Lipinski definition) is 5. The molecule has 134 valence electrons. The number of thiophene rings is 1. The Labute approximate surface area is 152 Å². The third kappa shape index (κ3) is 5.40. The van der Waals surface area contributed by atoms with Crippen LogP contribution < -0.4 is 9.73 Å². The number of sulfonamides is 1. The highest BCUT2D eigenvalue weighted by Crippen LogP contribution is 2.21. The Balaban J connectivity index is 2.17. The van der Waals surface area contributed by atoms with E-state index in [1.807, 2.05) is 37.4 Å². The molecule has 2 aromatic rings. The fourth-order valence-electron chi connectivity index (χ4n) is 2.35. The molecule has 6 nitrogen and oxygen atoms in total. The number of anilines is 1. The van der Waals surface area contributed by atoms with E-state index in [4.69, 9.17) is 0 Å². The largest absolute Gasteiger partial charge is 0.271 e. The van der Waals surface area contributed by atoms with E-state index in [-0.39, 0.29) is 6.54 Å². The average Bonchev–Trinajstić information content (AvgIpc) is 3.02. The Morgan fingerprint density at radius 3 is 2.40 bits per heavy atom. The molecular formula is C17H21N3O3S2. The van der Waals surface area contributed by atoms with Crippen LogP contribution in [0.5, 0.6) is 0 Å². The maximum absolute atomic E-state index is 12.2. The molecule has 0 saturated heterocycles. The van der Waals surface area contributed by atoms with Crippen LogP contribution in [0.25, 0.3) is 0 Å². The molecule has 0 aliphatic carbocycles. The normalized spacial score (nSPS) is 12.1. The fraction of sp³-hybridized carbons (Fsp3) is 0.294. The van der Waals surface area contributed by atoms with Gasteiger partial charge in [0.2, 0.25) is 10.0 Å². The van der Waals surface area contributed by atoms with Gasteiger partial charge in [-0.1, -0.05) is 12.1 Å². The molecule has 0 aliphatic rings. The lowest BCUT2D eigenvalue weighted by molar-refractivity contribution is -0.119. The van der Waals surface area contributed by atoms with E-state index >= 15 is 0 Å². The summed E-state index contributed by atoms with van der Waals surface area (Å²) in [6.45, 7) is 5.21. The number of rotatable bonds is 6. The summed E-state index contributed by atoms with van der Waals surface area (Å²) in [5.74, 6) is -0.500. The van der Waals surface area contributed by atoms with Crippen LogP contribution in [-0.4, -0.2) is 32.8 Å². The number of aryl methyl sites for hydroxylation is 2. The van der Waals surface area contributed by atoms with Crippen LogP contribution in [0.3, 0.4) is 0 Å². The molecule has 0 fully saturated rings. The van der Waals surface area contributed by atoms with Gasteiger partial charge in [0.05, 0.1) is 17.7 Å². The summed E-state index contributed by atoms with van der Waals surface area (Å²) in [5, 5.41) is 5.95. The summed E-state index contributed by atoms with van der Waals surface area (Å²) in [4.78, 5) is 13.1. The van der Waals surface area contributed by atoms with Crippen molar-refractivity contribution in [2.24, 2.45) is 5.10 Å². The first kappa shape index (κ1) is 19.1. The van der Waals surface area contributed by atoms with Crippen LogP contribution in [0.1, 0.15) is 22.9 Å². The molecular weight excluding hydrogens is 358 g/mol. The van der Waals surface area contributed by atoms with Crippen LogP contribution in [0, 0.1) is 13.8 Å². The summed E-state index contributed by atoms with van der Waals surface area (Å²) in [5.41, 5.74) is 5.41. The monoisotopic (exact) mass is 379 g/mol. The number of benzene rings is 1. The first-order valence-electron chi connectivity index (χ1n) is 7.60. The van der Waals surface area contributed by atoms with Crippen molar-refractivity contribution < 1.29 is 13.2 Å². The van der Waals surface area contributed by atoms with Crippen molar-refractivity contribution in [2.75, 3.05) is 17.1 Å². The van der Waals surface area contributed by atoms with Crippen molar-refractivity contribution in [3.05, 3.63) is 51.7 Å². The highest BCUT2D eigenvalue weighted by molar-refractivity contribution is 7.92. The second-order valence-electron chi connectivity index (χ2n) is 5.83. The minimum atomic E-state index is -3.60. The topological polar surface area (TPSA) is 78.8 Å². The van der Waals surface area contributed by atoms with Crippen molar-refractivity contribution in [1.29, 1.82) is 0 Å². The Hall–Kier alpha value is -2.19. The molecule has 0 atom stereocenters. The van der Waals surface area contributed by atoms with E-state index < -0.39 is 15.9 Å². The lowest BCUT2D eigenvalue weighted by atomic mass is 10.1. The Kier molecular flexibility index (Phi) is 5.97. The number of carbonyl (C=O) groups is 1. The highest BCUT2D eigenvalue weighted by Gasteiger charge is 2.21. The fourth-order valence-corrected chi connectivity index (χ4v) is 3.86. The Morgan fingerprint density at radius 1 is 1.24 bits per heavy atom. The van der Waals surface area contributed by atoms with Crippen molar-refractivity contribution in [3.8, 4) is 0 Å². The zero-order valence-corrected chi connectivity index (χ0v) is 16.2. The molecule has 1 aromatic heterocycles. The lowest BCUT2D eigenvalue weighted by Gasteiger charge is -2.22. The van der Waals surface area contributed by atoms with Crippen molar-refractivity contribution in [3.63, 3.8) is 0 Å². The molecule has 1 aromatic carbocycles. The zero-order chi connectivity index (χ0) is 18.6. The predicted molar refractivity (Wildman–Crippen MR) is 103 cm³/mol. The minimum Gasteiger partial charge on any atom is -0.271 e. The number of nitrogens with zero attached hydrogens (tertiary/aromatic N) is 2. The third-order valence-electron chi connectivity index (χ3n) is 3.41. The first-order valence-corrected chi connectivity index (χ1v) is 10.3. The molecule has 0 unspecified atom stereocenters. The van der Waals surface area contributed by atoms with Gasteiger partial charge in [0.1, 0.15) is 6.54 Å². The second kappa shape index (κ2) is 7.79. The lowest BCUT2D eigenvalue weighted by Crippen LogP contribution is -2.39. The third-order valence-corrected chi connectivity index (χ3v) is 5.53. The van der Waals surface area contributed by atoms with Crippen molar-refractivity contribution in [1.82, 2.24) is 5.43 Å². The van der Waals surface area contributed by atoms with E-state index in [0.29, 0.717) is 11.4 Å². The standard InChI is InChI=1S/C17H21N3O3S2/c1-12-8-13(2)10-15(9-12)20(25(4,22)23)11-17(21)19-18-14(3)16-6-5-7-24-16/h5-10H,11H2,1-4H3,(H,19,21)/b18-14-. The molecule has 25 heavy (non-hydrogen) atoms. The molecule has 0 bridgehead atoms. The number of hydrogen-bond donors (Lipinski definition) is 1. The number of amides is 1. The van der Waals surface area contributed by atoms with E-state index in [1.165, 1.54) is 11.3 Å². The van der Waals surface area contributed by atoms with Gasteiger partial charge in [-0.05, 0) is 55.5 Å². The quantitative estimate of drug-likeness (QED) is 0.619. The SMILES string of the molecule is C/C(=N/NC(=O)CN(c1cc(C)cc(C)c1)S(C)(=O)=O)c1cccs1. The molecule has 0 aliphatic heterocycles. The first-order chi connectivity index (χ1) is 11.7. The smallest absolute Gasteiger partial charge is 0.260 e. The van der Waals surface area contributed by atoms with E-state index in [1.54, 1.807) is 19.1 Å². The Bertz CT molecular complexity index is 868. The minimum absolute atomic E-state index is 0.330. The van der Waals surface area contributed by atoms with Crippen molar-refractivity contribution in [2.45, 2.75) is 20.8 Å². The van der Waals surface area contributed by atoms with Crippen molar-refractivity contribution >= 4 is 38.7 Å². The van der Waals surface area contributed by atoms with E-state index in [0.717, 1.165) is 26.6 Å². The maximum Gasteiger partial charge on any atom is 0.260 e. The van der Waals surface area contributed by atoms with Crippen LogP contribution >= 0.6 is 11.3 Å². The van der Waals surface area contributed by atoms with Gasteiger partial charge in [0.25, 0.3) is 5.91 Å². The molecule has 0 saturated carbocycles. The molecule has 0 spiro atoms. The van der Waals surface area contributed by atoms with Crippen LogP contribution in [0.4, 0.5) is 5.69 Å². The molecule has 8 heteroatoms. The van der Waals surface area contributed by atoms with Crippen LogP contribution in [0.15, 0.2) is 40.8 Å². The second-order valence-corrected chi connectivity index (χ2v) is 8.68.